The van der Waals surface area contributed by atoms with Crippen LogP contribution < -0.4 is 5.32 Å². The van der Waals surface area contributed by atoms with Gasteiger partial charge in [-0.25, -0.2) is 0 Å². The van der Waals surface area contributed by atoms with Crippen LogP contribution >= 0.6 is 0 Å². The lowest BCUT2D eigenvalue weighted by atomic mass is 10.1. The fraction of sp³-hybridized carbons (Fsp3) is 0.111. The number of rotatable bonds is 0. The van der Waals surface area contributed by atoms with Crippen molar-refractivity contribution in [3.8, 4) is 6.07 Å². The van der Waals surface area contributed by atoms with Crippen molar-refractivity contribution < 1.29 is 4.79 Å². The lowest BCUT2D eigenvalue weighted by Crippen LogP contribution is -2.17. The average Bonchev–Trinajstić information content (AvgIpc) is 2.44. The van der Waals surface area contributed by atoms with Crippen molar-refractivity contribution in [2.24, 2.45) is 0 Å². The molecule has 1 aromatic carbocycles. The number of nitriles is 1. The van der Waals surface area contributed by atoms with E-state index in [1.807, 2.05) is 12.1 Å². The maximum Gasteiger partial charge on any atom is 0.252 e. The van der Waals surface area contributed by atoms with Crippen LogP contribution in [-0.4, -0.2) is 5.91 Å². The molecule has 0 aliphatic carbocycles. The second-order valence-corrected chi connectivity index (χ2v) is 2.62. The quantitative estimate of drug-likeness (QED) is 0.612. The summed E-state index contributed by atoms with van der Waals surface area (Å²) in [5, 5.41) is 11.2. The predicted molar refractivity (Wildman–Crippen MR) is 42.3 cm³/mol. The third-order valence-corrected chi connectivity index (χ3v) is 1.92. The molecule has 0 saturated heterocycles. The highest BCUT2D eigenvalue weighted by atomic mass is 16.2. The molecule has 12 heavy (non-hydrogen) atoms. The van der Waals surface area contributed by atoms with Crippen molar-refractivity contribution in [1.29, 1.82) is 5.26 Å². The van der Waals surface area contributed by atoms with E-state index in [-0.39, 0.29) is 5.91 Å². The van der Waals surface area contributed by atoms with Crippen molar-refractivity contribution in [2.75, 3.05) is 0 Å². The van der Waals surface area contributed by atoms with Crippen molar-refractivity contribution in [3.05, 3.63) is 35.4 Å². The van der Waals surface area contributed by atoms with Gasteiger partial charge < -0.3 is 5.32 Å². The van der Waals surface area contributed by atoms with Crippen molar-refractivity contribution in [1.82, 2.24) is 5.32 Å². The number of carbonyl (C=O) groups is 1. The van der Waals surface area contributed by atoms with E-state index < -0.39 is 6.04 Å². The molecule has 1 unspecified atom stereocenters. The first kappa shape index (κ1) is 6.86. The molecule has 1 atom stereocenters. The Morgan fingerprint density at radius 2 is 2.17 bits per heavy atom. The van der Waals surface area contributed by atoms with Gasteiger partial charge >= 0.3 is 0 Å². The number of nitrogens with zero attached hydrogens (tertiary/aromatic N) is 1. The highest BCUT2D eigenvalue weighted by Gasteiger charge is 2.27. The number of amides is 1. The molecular weight excluding hydrogens is 152 g/mol. The number of nitrogens with one attached hydrogen (secondary N) is 1. The molecule has 1 aliphatic heterocycles. The van der Waals surface area contributed by atoms with Gasteiger partial charge in [0.25, 0.3) is 5.91 Å². The molecule has 0 radical (unpaired) electrons. The maximum absolute atomic E-state index is 11.2. The summed E-state index contributed by atoms with van der Waals surface area (Å²) in [5.41, 5.74) is 1.40. The highest BCUT2D eigenvalue weighted by molar-refractivity contribution is 5.99. The molecule has 58 valence electrons. The summed E-state index contributed by atoms with van der Waals surface area (Å²) in [7, 11) is 0. The monoisotopic (exact) mass is 158 g/mol. The first-order valence-electron chi connectivity index (χ1n) is 3.62. The largest absolute Gasteiger partial charge is 0.332 e. The van der Waals surface area contributed by atoms with Gasteiger partial charge in [0.1, 0.15) is 6.04 Å². The van der Waals surface area contributed by atoms with Crippen LogP contribution in [0.15, 0.2) is 24.3 Å². The van der Waals surface area contributed by atoms with Gasteiger partial charge in [-0.05, 0) is 6.07 Å². The van der Waals surface area contributed by atoms with Crippen LogP contribution in [0.2, 0.25) is 0 Å². The van der Waals surface area contributed by atoms with Gasteiger partial charge in [0.15, 0.2) is 0 Å². The lowest BCUT2D eigenvalue weighted by Gasteiger charge is -1.97. The summed E-state index contributed by atoms with van der Waals surface area (Å²) >= 11 is 0. The Morgan fingerprint density at radius 1 is 1.42 bits per heavy atom. The lowest BCUT2D eigenvalue weighted by molar-refractivity contribution is 0.0962. The first-order valence-corrected chi connectivity index (χ1v) is 3.62. The second-order valence-electron chi connectivity index (χ2n) is 2.62. The van der Waals surface area contributed by atoms with Gasteiger partial charge in [0.05, 0.1) is 6.07 Å². The molecule has 0 bridgehead atoms. The molecule has 0 aromatic heterocycles. The average molecular weight is 158 g/mol. The van der Waals surface area contributed by atoms with Gasteiger partial charge in [-0.1, -0.05) is 18.2 Å². The second kappa shape index (κ2) is 2.35. The molecule has 1 aliphatic rings. The smallest absolute Gasteiger partial charge is 0.252 e. The fourth-order valence-electron chi connectivity index (χ4n) is 1.34. The molecule has 1 aromatic rings. The van der Waals surface area contributed by atoms with E-state index in [0.717, 1.165) is 5.56 Å². The van der Waals surface area contributed by atoms with Crippen LogP contribution in [-0.2, 0) is 0 Å². The zero-order valence-corrected chi connectivity index (χ0v) is 6.24. The van der Waals surface area contributed by atoms with E-state index in [1.54, 1.807) is 18.2 Å². The van der Waals surface area contributed by atoms with Crippen LogP contribution in [0.4, 0.5) is 0 Å². The van der Waals surface area contributed by atoms with E-state index in [4.69, 9.17) is 5.26 Å². The van der Waals surface area contributed by atoms with Crippen LogP contribution in [0.5, 0.6) is 0 Å². The summed E-state index contributed by atoms with van der Waals surface area (Å²) in [6.07, 6.45) is 0. The highest BCUT2D eigenvalue weighted by Crippen LogP contribution is 2.23. The summed E-state index contributed by atoms with van der Waals surface area (Å²) in [6.45, 7) is 0. The van der Waals surface area contributed by atoms with Gasteiger partial charge in [-0.15, -0.1) is 0 Å². The van der Waals surface area contributed by atoms with E-state index in [1.165, 1.54) is 0 Å². The number of hydrogen-bond donors (Lipinski definition) is 1. The van der Waals surface area contributed by atoms with Crippen molar-refractivity contribution in [3.63, 3.8) is 0 Å². The third-order valence-electron chi connectivity index (χ3n) is 1.92. The van der Waals surface area contributed by atoms with Gasteiger partial charge in [0, 0.05) is 11.1 Å². The Bertz CT molecular complexity index is 378. The topological polar surface area (TPSA) is 52.9 Å². The van der Waals surface area contributed by atoms with E-state index in [0.29, 0.717) is 5.56 Å². The summed E-state index contributed by atoms with van der Waals surface area (Å²) < 4.78 is 0. The SMILES string of the molecule is N#CC1NC(=O)c2ccccc21. The maximum atomic E-state index is 11.2. The molecule has 3 heteroatoms. The summed E-state index contributed by atoms with van der Waals surface area (Å²) in [6, 6.07) is 8.68. The zero-order valence-electron chi connectivity index (χ0n) is 6.24. The van der Waals surface area contributed by atoms with Crippen LogP contribution in [0.3, 0.4) is 0 Å². The van der Waals surface area contributed by atoms with E-state index in [9.17, 15) is 4.79 Å². The molecule has 0 saturated carbocycles. The Hall–Kier alpha value is -1.82. The Morgan fingerprint density at radius 3 is 2.92 bits per heavy atom. The molecule has 3 nitrogen and oxygen atoms in total. The molecule has 1 N–H and O–H groups in total. The standard InChI is InChI=1S/C9H6N2O/c10-5-8-6-3-1-2-4-7(6)9(12)11-8/h1-4,8H,(H,11,12). The van der Waals surface area contributed by atoms with E-state index >= 15 is 0 Å². The molecule has 1 heterocycles. The van der Waals surface area contributed by atoms with Gasteiger partial charge in [0.2, 0.25) is 0 Å². The van der Waals surface area contributed by atoms with E-state index in [2.05, 4.69) is 5.32 Å². The minimum Gasteiger partial charge on any atom is -0.332 e. The van der Waals surface area contributed by atoms with Crippen LogP contribution in [0.25, 0.3) is 0 Å². The number of fused-ring (bicyclic) bond motifs is 1. The Labute approximate surface area is 69.6 Å². The molecule has 0 spiro atoms. The van der Waals surface area contributed by atoms with Crippen molar-refractivity contribution >= 4 is 5.91 Å². The molecule has 1 amide bonds. The first-order chi connectivity index (χ1) is 5.83. The van der Waals surface area contributed by atoms with Crippen LogP contribution in [0.1, 0.15) is 22.0 Å². The number of hydrogen-bond acceptors (Lipinski definition) is 2. The fourth-order valence-corrected chi connectivity index (χ4v) is 1.34. The Balaban J connectivity index is 2.59. The normalized spacial score (nSPS) is 19.6. The molecule has 0 fully saturated rings. The summed E-state index contributed by atoms with van der Waals surface area (Å²) in [5.74, 6) is -0.155. The summed E-state index contributed by atoms with van der Waals surface area (Å²) in [4.78, 5) is 11.2. The predicted octanol–water partition coefficient (Wildman–Crippen LogP) is 0.995. The molecule has 2 rings (SSSR count). The zero-order chi connectivity index (χ0) is 8.55. The van der Waals surface area contributed by atoms with Crippen molar-refractivity contribution in [2.45, 2.75) is 6.04 Å². The van der Waals surface area contributed by atoms with Crippen LogP contribution in [0, 0.1) is 11.3 Å². The van der Waals surface area contributed by atoms with Gasteiger partial charge in [-0.3, -0.25) is 4.79 Å². The number of carbonyl (C=O) groups excluding carboxylic acids is 1. The minimum atomic E-state index is -0.464. The Kier molecular flexibility index (Phi) is 1.34. The third kappa shape index (κ3) is 0.785. The molecular formula is C9H6N2O. The van der Waals surface area contributed by atoms with Gasteiger partial charge in [-0.2, -0.15) is 5.26 Å². The minimum absolute atomic E-state index is 0.155. The number of benzene rings is 1.